The number of ether oxygens (including phenoxy) is 1. The number of imidazole rings is 1. The Morgan fingerprint density at radius 1 is 1.53 bits per heavy atom. The van der Waals surface area contributed by atoms with E-state index in [4.69, 9.17) is 10.5 Å². The standard InChI is InChI=1S/C12H12BrN3O2S/c1-16-4-3-15-12(16)19-10-5-7(11(17)18-2)9(14)6-8(10)13/h3-6H,14H2,1-2H3. The quantitative estimate of drug-likeness (QED) is 0.686. The predicted octanol–water partition coefficient (Wildman–Crippen LogP) is 2.70. The highest BCUT2D eigenvalue weighted by molar-refractivity contribution is 9.10. The third kappa shape index (κ3) is 2.93. The molecule has 2 rings (SSSR count). The van der Waals surface area contributed by atoms with Crippen molar-refractivity contribution in [2.75, 3.05) is 12.8 Å². The molecule has 7 heteroatoms. The van der Waals surface area contributed by atoms with Gasteiger partial charge in [-0.05, 0) is 28.1 Å². The van der Waals surface area contributed by atoms with Crippen molar-refractivity contribution in [3.63, 3.8) is 0 Å². The minimum atomic E-state index is -0.452. The Morgan fingerprint density at radius 2 is 2.26 bits per heavy atom. The van der Waals surface area contributed by atoms with Crippen molar-refractivity contribution in [3.05, 3.63) is 34.6 Å². The molecule has 2 aromatic rings. The van der Waals surface area contributed by atoms with Crippen LogP contribution >= 0.6 is 27.7 Å². The zero-order chi connectivity index (χ0) is 14.0. The number of benzene rings is 1. The van der Waals surface area contributed by atoms with Gasteiger partial charge in [0.15, 0.2) is 5.16 Å². The Morgan fingerprint density at radius 3 is 2.84 bits per heavy atom. The molecule has 0 saturated heterocycles. The average molecular weight is 342 g/mol. The molecule has 0 atom stereocenters. The number of esters is 1. The van der Waals surface area contributed by atoms with Crippen LogP contribution in [0.2, 0.25) is 0 Å². The summed E-state index contributed by atoms with van der Waals surface area (Å²) in [5.74, 6) is -0.452. The van der Waals surface area contributed by atoms with E-state index in [1.54, 1.807) is 18.3 Å². The molecule has 1 heterocycles. The van der Waals surface area contributed by atoms with Gasteiger partial charge in [0.1, 0.15) is 0 Å². The summed E-state index contributed by atoms with van der Waals surface area (Å²) in [4.78, 5) is 16.7. The zero-order valence-corrected chi connectivity index (χ0v) is 12.8. The maximum absolute atomic E-state index is 11.6. The van der Waals surface area contributed by atoms with Crippen LogP contribution < -0.4 is 5.73 Å². The summed E-state index contributed by atoms with van der Waals surface area (Å²) in [5.41, 5.74) is 6.54. The number of methoxy groups -OCH3 is 1. The summed E-state index contributed by atoms with van der Waals surface area (Å²) in [7, 11) is 3.23. The van der Waals surface area contributed by atoms with E-state index in [0.29, 0.717) is 11.3 Å². The summed E-state index contributed by atoms with van der Waals surface area (Å²) in [6.07, 6.45) is 3.57. The summed E-state index contributed by atoms with van der Waals surface area (Å²) in [5, 5.41) is 0.821. The number of halogens is 1. The molecule has 0 spiro atoms. The van der Waals surface area contributed by atoms with Crippen molar-refractivity contribution in [3.8, 4) is 0 Å². The molecule has 2 N–H and O–H groups in total. The zero-order valence-electron chi connectivity index (χ0n) is 10.4. The van der Waals surface area contributed by atoms with E-state index in [9.17, 15) is 4.79 Å². The highest BCUT2D eigenvalue weighted by Crippen LogP contribution is 2.35. The molecule has 19 heavy (non-hydrogen) atoms. The Labute approximate surface area is 123 Å². The van der Waals surface area contributed by atoms with Crippen LogP contribution in [-0.2, 0) is 11.8 Å². The molecule has 0 unspecified atom stereocenters. The molecule has 0 fully saturated rings. The molecular weight excluding hydrogens is 330 g/mol. The minimum Gasteiger partial charge on any atom is -0.465 e. The van der Waals surface area contributed by atoms with E-state index >= 15 is 0 Å². The number of carbonyl (C=O) groups is 1. The molecule has 0 bridgehead atoms. The monoisotopic (exact) mass is 341 g/mol. The highest BCUT2D eigenvalue weighted by Gasteiger charge is 2.15. The van der Waals surface area contributed by atoms with Gasteiger partial charge in [-0.3, -0.25) is 0 Å². The van der Waals surface area contributed by atoms with E-state index in [2.05, 4.69) is 20.9 Å². The van der Waals surface area contributed by atoms with Crippen molar-refractivity contribution in [1.82, 2.24) is 9.55 Å². The van der Waals surface area contributed by atoms with Crippen LogP contribution in [-0.4, -0.2) is 22.6 Å². The van der Waals surface area contributed by atoms with Gasteiger partial charge in [-0.15, -0.1) is 0 Å². The van der Waals surface area contributed by atoms with Crippen LogP contribution in [0.1, 0.15) is 10.4 Å². The summed E-state index contributed by atoms with van der Waals surface area (Å²) in [6, 6.07) is 3.39. The van der Waals surface area contributed by atoms with Crippen molar-refractivity contribution < 1.29 is 9.53 Å². The first kappa shape index (κ1) is 14.0. The molecule has 0 saturated carbocycles. The molecular formula is C12H12BrN3O2S. The van der Waals surface area contributed by atoms with E-state index in [1.807, 2.05) is 17.8 Å². The van der Waals surface area contributed by atoms with Gasteiger partial charge in [-0.25, -0.2) is 9.78 Å². The Balaban J connectivity index is 2.40. The fraction of sp³-hybridized carbons (Fsp3) is 0.167. The van der Waals surface area contributed by atoms with Gasteiger partial charge in [0.2, 0.25) is 0 Å². The maximum atomic E-state index is 11.6. The number of aromatic nitrogens is 2. The number of nitrogens with two attached hydrogens (primary N) is 1. The molecule has 0 aliphatic heterocycles. The first-order valence-electron chi connectivity index (χ1n) is 5.35. The number of anilines is 1. The lowest BCUT2D eigenvalue weighted by atomic mass is 10.2. The summed E-state index contributed by atoms with van der Waals surface area (Å²) in [6.45, 7) is 0. The maximum Gasteiger partial charge on any atom is 0.339 e. The average Bonchev–Trinajstić information content (AvgIpc) is 2.77. The molecule has 1 aromatic carbocycles. The smallest absolute Gasteiger partial charge is 0.339 e. The van der Waals surface area contributed by atoms with Gasteiger partial charge in [0.25, 0.3) is 0 Å². The lowest BCUT2D eigenvalue weighted by Crippen LogP contribution is -2.06. The van der Waals surface area contributed by atoms with Gasteiger partial charge >= 0.3 is 5.97 Å². The second kappa shape index (κ2) is 5.66. The van der Waals surface area contributed by atoms with E-state index < -0.39 is 5.97 Å². The third-order valence-corrected chi connectivity index (χ3v) is 4.54. The van der Waals surface area contributed by atoms with Crippen LogP contribution in [0, 0.1) is 0 Å². The number of nitrogens with zero attached hydrogens (tertiary/aromatic N) is 2. The lowest BCUT2D eigenvalue weighted by molar-refractivity contribution is 0.0601. The fourth-order valence-electron chi connectivity index (χ4n) is 1.48. The van der Waals surface area contributed by atoms with Gasteiger partial charge in [0.05, 0.1) is 12.7 Å². The largest absolute Gasteiger partial charge is 0.465 e. The van der Waals surface area contributed by atoms with E-state index in [1.165, 1.54) is 18.9 Å². The van der Waals surface area contributed by atoms with Crippen molar-refractivity contribution >= 4 is 39.3 Å². The van der Waals surface area contributed by atoms with Gasteiger partial charge in [-0.2, -0.15) is 0 Å². The van der Waals surface area contributed by atoms with Gasteiger partial charge in [-0.1, -0.05) is 11.8 Å². The first-order chi connectivity index (χ1) is 9.02. The summed E-state index contributed by atoms with van der Waals surface area (Å²) < 4.78 is 7.41. The number of hydrogen-bond acceptors (Lipinski definition) is 5. The van der Waals surface area contributed by atoms with E-state index in [0.717, 1.165) is 14.5 Å². The topological polar surface area (TPSA) is 70.1 Å². The van der Waals surface area contributed by atoms with Crippen LogP contribution in [0.25, 0.3) is 0 Å². The SMILES string of the molecule is COC(=O)c1cc(Sc2nccn2C)c(Br)cc1N. The number of carbonyl (C=O) groups excluding carboxylic acids is 1. The minimum absolute atomic E-state index is 0.349. The molecule has 0 aliphatic rings. The Bertz CT molecular complexity index is 627. The third-order valence-electron chi connectivity index (χ3n) is 2.49. The molecule has 0 amide bonds. The highest BCUT2D eigenvalue weighted by atomic mass is 79.9. The summed E-state index contributed by atoms with van der Waals surface area (Å²) >= 11 is 4.87. The van der Waals surface area contributed by atoms with Crippen LogP contribution in [0.15, 0.2) is 39.1 Å². The fourth-order valence-corrected chi connectivity index (χ4v) is 2.93. The molecule has 100 valence electrons. The van der Waals surface area contributed by atoms with E-state index in [-0.39, 0.29) is 0 Å². The Kier molecular flexibility index (Phi) is 4.16. The van der Waals surface area contributed by atoms with Crippen LogP contribution in [0.3, 0.4) is 0 Å². The Hall–Kier alpha value is -1.47. The van der Waals surface area contributed by atoms with Gasteiger partial charge < -0.3 is 15.0 Å². The second-order valence-corrected chi connectivity index (χ2v) is 5.65. The molecule has 5 nitrogen and oxygen atoms in total. The number of aryl methyl sites for hydroxylation is 1. The van der Waals surface area contributed by atoms with Crippen LogP contribution in [0.4, 0.5) is 5.69 Å². The molecule has 0 radical (unpaired) electrons. The number of rotatable bonds is 3. The van der Waals surface area contributed by atoms with Crippen molar-refractivity contribution in [2.45, 2.75) is 10.1 Å². The molecule has 1 aromatic heterocycles. The van der Waals surface area contributed by atoms with Crippen molar-refractivity contribution in [2.24, 2.45) is 7.05 Å². The normalized spacial score (nSPS) is 10.5. The number of hydrogen-bond donors (Lipinski definition) is 1. The number of nitrogen functional groups attached to an aromatic ring is 1. The lowest BCUT2D eigenvalue weighted by Gasteiger charge is -2.09. The van der Waals surface area contributed by atoms with Crippen LogP contribution in [0.5, 0.6) is 0 Å². The molecule has 0 aliphatic carbocycles. The predicted molar refractivity (Wildman–Crippen MR) is 77.2 cm³/mol. The van der Waals surface area contributed by atoms with Gasteiger partial charge in [0, 0.05) is 34.5 Å². The second-order valence-electron chi connectivity index (χ2n) is 3.78. The van der Waals surface area contributed by atoms with Crippen molar-refractivity contribution in [1.29, 1.82) is 0 Å². The first-order valence-corrected chi connectivity index (χ1v) is 6.96.